The SMILES string of the molecule is c1csc(-c2cc(-c3ccc4ccc5cccc6ccc3c4c56)cc(-c3cccs3)n2)c1. The zero-order valence-corrected chi connectivity index (χ0v) is 18.7. The van der Waals surface area contributed by atoms with Crippen LogP contribution in [0.2, 0.25) is 0 Å². The molecule has 3 aromatic heterocycles. The van der Waals surface area contributed by atoms with Crippen LogP contribution in [0.15, 0.2) is 102 Å². The Morgan fingerprint density at radius 2 is 1.12 bits per heavy atom. The molecule has 7 aromatic rings. The second-order valence-corrected chi connectivity index (χ2v) is 9.95. The number of thiophene rings is 2. The van der Waals surface area contributed by atoms with Crippen molar-refractivity contribution < 1.29 is 0 Å². The van der Waals surface area contributed by atoms with Crippen molar-refractivity contribution in [1.82, 2.24) is 4.98 Å². The van der Waals surface area contributed by atoms with Crippen LogP contribution in [0.25, 0.3) is 64.6 Å². The highest BCUT2D eigenvalue weighted by Gasteiger charge is 2.15. The molecule has 0 unspecified atom stereocenters. The highest BCUT2D eigenvalue weighted by molar-refractivity contribution is 7.13. The van der Waals surface area contributed by atoms with E-state index in [1.54, 1.807) is 22.7 Å². The van der Waals surface area contributed by atoms with Crippen LogP contribution in [0.5, 0.6) is 0 Å². The fraction of sp³-hybridized carbons (Fsp3) is 0. The van der Waals surface area contributed by atoms with Crippen molar-refractivity contribution in [3.8, 4) is 32.3 Å². The Labute approximate surface area is 193 Å². The zero-order valence-electron chi connectivity index (χ0n) is 17.1. The maximum Gasteiger partial charge on any atom is 0.0815 e. The molecule has 7 rings (SSSR count). The van der Waals surface area contributed by atoms with E-state index in [0.29, 0.717) is 0 Å². The van der Waals surface area contributed by atoms with Gasteiger partial charge >= 0.3 is 0 Å². The van der Waals surface area contributed by atoms with Gasteiger partial charge in [0.05, 0.1) is 21.1 Å². The normalized spacial score (nSPS) is 11.8. The van der Waals surface area contributed by atoms with E-state index in [-0.39, 0.29) is 0 Å². The van der Waals surface area contributed by atoms with Crippen LogP contribution in [0.4, 0.5) is 0 Å². The second-order valence-electron chi connectivity index (χ2n) is 8.05. The highest BCUT2D eigenvalue weighted by Crippen LogP contribution is 2.41. The van der Waals surface area contributed by atoms with Gasteiger partial charge in [-0.25, -0.2) is 4.98 Å². The molecule has 4 aromatic carbocycles. The van der Waals surface area contributed by atoms with Crippen molar-refractivity contribution in [2.24, 2.45) is 0 Å². The summed E-state index contributed by atoms with van der Waals surface area (Å²) in [5.74, 6) is 0. The van der Waals surface area contributed by atoms with Crippen LogP contribution in [-0.4, -0.2) is 4.98 Å². The number of hydrogen-bond donors (Lipinski definition) is 0. The Bertz CT molecular complexity index is 1640. The lowest BCUT2D eigenvalue weighted by molar-refractivity contribution is 1.35. The number of rotatable bonds is 3. The van der Waals surface area contributed by atoms with Gasteiger partial charge in [-0.1, -0.05) is 66.7 Å². The van der Waals surface area contributed by atoms with Gasteiger partial charge in [0, 0.05) is 0 Å². The smallest absolute Gasteiger partial charge is 0.0815 e. The molecule has 0 spiro atoms. The largest absolute Gasteiger partial charge is 0.246 e. The van der Waals surface area contributed by atoms with Crippen LogP contribution >= 0.6 is 22.7 Å². The van der Waals surface area contributed by atoms with Gasteiger partial charge in [-0.05, 0) is 78.5 Å². The quantitative estimate of drug-likeness (QED) is 0.248. The number of pyridine rings is 1. The third kappa shape index (κ3) is 2.72. The molecular weight excluding hydrogens is 426 g/mol. The summed E-state index contributed by atoms with van der Waals surface area (Å²) in [5.41, 5.74) is 4.54. The molecule has 32 heavy (non-hydrogen) atoms. The minimum absolute atomic E-state index is 1.03. The van der Waals surface area contributed by atoms with Gasteiger partial charge in [-0.15, -0.1) is 22.7 Å². The molecule has 0 saturated heterocycles. The Hall–Kier alpha value is -3.53. The molecule has 0 bridgehead atoms. The summed E-state index contributed by atoms with van der Waals surface area (Å²) in [6, 6.07) is 33.1. The fourth-order valence-corrected chi connectivity index (χ4v) is 6.15. The average Bonchev–Trinajstić information content (AvgIpc) is 3.57. The van der Waals surface area contributed by atoms with Crippen molar-refractivity contribution in [2.75, 3.05) is 0 Å². The summed E-state index contributed by atoms with van der Waals surface area (Å²) in [4.78, 5) is 7.42. The predicted octanol–water partition coefficient (Wildman–Crippen LogP) is 9.10. The molecule has 0 N–H and O–H groups in total. The van der Waals surface area contributed by atoms with Gasteiger partial charge in [-0.3, -0.25) is 0 Å². The first-order valence-corrected chi connectivity index (χ1v) is 12.4. The molecule has 0 radical (unpaired) electrons. The molecule has 150 valence electrons. The first kappa shape index (κ1) is 18.1. The maximum absolute atomic E-state index is 5.03. The minimum Gasteiger partial charge on any atom is -0.246 e. The Kier molecular flexibility index (Phi) is 3.95. The first-order valence-electron chi connectivity index (χ1n) is 10.6. The maximum atomic E-state index is 5.03. The van der Waals surface area contributed by atoms with Gasteiger partial charge < -0.3 is 0 Å². The van der Waals surface area contributed by atoms with E-state index in [0.717, 1.165) is 11.4 Å². The third-order valence-electron chi connectivity index (χ3n) is 6.21. The van der Waals surface area contributed by atoms with Crippen LogP contribution in [-0.2, 0) is 0 Å². The van der Waals surface area contributed by atoms with Crippen molar-refractivity contribution in [3.05, 3.63) is 102 Å². The van der Waals surface area contributed by atoms with Gasteiger partial charge in [0.25, 0.3) is 0 Å². The van der Waals surface area contributed by atoms with Crippen LogP contribution in [0.3, 0.4) is 0 Å². The molecule has 1 nitrogen and oxygen atoms in total. The van der Waals surface area contributed by atoms with E-state index in [1.165, 1.54) is 53.2 Å². The molecule has 0 amide bonds. The number of benzene rings is 4. The van der Waals surface area contributed by atoms with Crippen LogP contribution < -0.4 is 0 Å². The van der Waals surface area contributed by atoms with Crippen molar-refractivity contribution >= 4 is 55.0 Å². The third-order valence-corrected chi connectivity index (χ3v) is 8.00. The molecule has 0 fully saturated rings. The van der Waals surface area contributed by atoms with E-state index in [9.17, 15) is 0 Å². The van der Waals surface area contributed by atoms with Crippen LogP contribution in [0.1, 0.15) is 0 Å². The Balaban J connectivity index is 1.56. The van der Waals surface area contributed by atoms with E-state index in [2.05, 4.69) is 102 Å². The monoisotopic (exact) mass is 443 g/mol. The summed E-state index contributed by atoms with van der Waals surface area (Å²) in [6.45, 7) is 0. The molecule has 3 heteroatoms. The van der Waals surface area contributed by atoms with Gasteiger partial charge in [-0.2, -0.15) is 0 Å². The molecule has 0 aliphatic rings. The minimum atomic E-state index is 1.03. The van der Waals surface area contributed by atoms with E-state index in [1.807, 2.05) is 0 Å². The topological polar surface area (TPSA) is 12.9 Å². The molecule has 0 aliphatic heterocycles. The fourth-order valence-electron chi connectivity index (χ4n) is 4.77. The van der Waals surface area contributed by atoms with Crippen LogP contribution in [0, 0.1) is 0 Å². The highest BCUT2D eigenvalue weighted by atomic mass is 32.1. The number of aromatic nitrogens is 1. The van der Waals surface area contributed by atoms with Gasteiger partial charge in [0.15, 0.2) is 0 Å². The zero-order chi connectivity index (χ0) is 21.1. The Morgan fingerprint density at radius 1 is 0.531 bits per heavy atom. The molecule has 0 atom stereocenters. The lowest BCUT2D eigenvalue weighted by atomic mass is 9.89. The molecular formula is C29H17NS2. The predicted molar refractivity (Wildman–Crippen MR) is 140 cm³/mol. The lowest BCUT2D eigenvalue weighted by Gasteiger charge is -2.15. The van der Waals surface area contributed by atoms with E-state index < -0.39 is 0 Å². The van der Waals surface area contributed by atoms with Gasteiger partial charge in [0.2, 0.25) is 0 Å². The lowest BCUT2D eigenvalue weighted by Crippen LogP contribution is -1.91. The summed E-state index contributed by atoms with van der Waals surface area (Å²) in [5, 5.41) is 12.1. The first-order chi connectivity index (χ1) is 15.8. The van der Waals surface area contributed by atoms with E-state index in [4.69, 9.17) is 4.98 Å². The molecule has 3 heterocycles. The van der Waals surface area contributed by atoms with E-state index >= 15 is 0 Å². The standard InChI is InChI=1S/C29H17NS2/c1-4-18-8-9-20-10-12-22(23-13-11-19(5-1)28(18)29(20)23)21-16-24(26-6-2-14-31-26)30-25(17-21)27-7-3-15-32-27/h1-17H. The van der Waals surface area contributed by atoms with Crippen molar-refractivity contribution in [1.29, 1.82) is 0 Å². The van der Waals surface area contributed by atoms with Gasteiger partial charge in [0.1, 0.15) is 0 Å². The van der Waals surface area contributed by atoms with Crippen molar-refractivity contribution in [3.63, 3.8) is 0 Å². The Morgan fingerprint density at radius 3 is 1.75 bits per heavy atom. The van der Waals surface area contributed by atoms with Crippen molar-refractivity contribution in [2.45, 2.75) is 0 Å². The molecule has 0 aliphatic carbocycles. The summed E-state index contributed by atoms with van der Waals surface area (Å²) in [7, 11) is 0. The number of hydrogen-bond acceptors (Lipinski definition) is 3. The second kappa shape index (κ2) is 6.99. The summed E-state index contributed by atoms with van der Waals surface area (Å²) in [6.07, 6.45) is 0. The average molecular weight is 444 g/mol. The number of nitrogens with zero attached hydrogens (tertiary/aromatic N) is 1. The summed E-state index contributed by atoms with van der Waals surface area (Å²) >= 11 is 3.47. The summed E-state index contributed by atoms with van der Waals surface area (Å²) < 4.78 is 0. The molecule has 0 saturated carbocycles.